The van der Waals surface area contributed by atoms with Crippen LogP contribution in [0.25, 0.3) is 0 Å². The first-order chi connectivity index (χ1) is 7.69. The van der Waals surface area contributed by atoms with Gasteiger partial charge in [-0.1, -0.05) is 13.3 Å². The Bertz CT molecular complexity index is 368. The molecule has 0 saturated carbocycles. The highest BCUT2D eigenvalue weighted by atomic mass is 16.6. The summed E-state index contributed by atoms with van der Waals surface area (Å²) in [7, 11) is 1.70. The van der Waals surface area contributed by atoms with E-state index in [1.165, 1.54) is 6.07 Å². The number of ether oxygens (including phenoxy) is 1. The van der Waals surface area contributed by atoms with E-state index < -0.39 is 4.92 Å². The molecule has 1 heterocycles. The van der Waals surface area contributed by atoms with Crippen LogP contribution in [0, 0.1) is 10.1 Å². The van der Waals surface area contributed by atoms with Crippen molar-refractivity contribution in [1.29, 1.82) is 0 Å². The Balaban J connectivity index is 2.87. The molecule has 0 aliphatic heterocycles. The van der Waals surface area contributed by atoms with Crippen LogP contribution in [0.1, 0.15) is 19.8 Å². The summed E-state index contributed by atoms with van der Waals surface area (Å²) >= 11 is 0. The summed E-state index contributed by atoms with van der Waals surface area (Å²) in [5.41, 5.74) is -0.102. The van der Waals surface area contributed by atoms with E-state index >= 15 is 0 Å². The van der Waals surface area contributed by atoms with Crippen molar-refractivity contribution in [3.63, 3.8) is 0 Å². The minimum Gasteiger partial charge on any atom is -0.473 e. The van der Waals surface area contributed by atoms with Gasteiger partial charge in [-0.3, -0.25) is 10.1 Å². The zero-order chi connectivity index (χ0) is 12.0. The molecule has 1 aromatic rings. The maximum Gasteiger partial charge on any atom is 0.331 e. The van der Waals surface area contributed by atoms with Gasteiger partial charge >= 0.3 is 5.69 Å². The molecule has 0 bridgehead atoms. The molecule has 0 amide bonds. The molecule has 0 fully saturated rings. The Morgan fingerprint density at radius 1 is 1.56 bits per heavy atom. The van der Waals surface area contributed by atoms with E-state index in [4.69, 9.17) is 4.74 Å². The molecule has 0 aliphatic carbocycles. The number of pyridine rings is 1. The van der Waals surface area contributed by atoms with Crippen LogP contribution in [0.3, 0.4) is 0 Å². The SMILES string of the molecule is CCCCOc1nc(NC)ccc1[N+](=O)[O-]. The number of nitro groups is 1. The second-order valence-electron chi connectivity index (χ2n) is 3.23. The zero-order valence-corrected chi connectivity index (χ0v) is 9.40. The van der Waals surface area contributed by atoms with Crippen LogP contribution in [0.2, 0.25) is 0 Å². The first-order valence-electron chi connectivity index (χ1n) is 5.15. The highest BCUT2D eigenvalue weighted by Crippen LogP contribution is 2.26. The number of hydrogen-bond acceptors (Lipinski definition) is 5. The van der Waals surface area contributed by atoms with Crippen molar-refractivity contribution >= 4 is 11.5 Å². The fourth-order valence-corrected chi connectivity index (χ4v) is 1.13. The van der Waals surface area contributed by atoms with E-state index in [-0.39, 0.29) is 11.6 Å². The summed E-state index contributed by atoms with van der Waals surface area (Å²) < 4.78 is 5.29. The lowest BCUT2D eigenvalue weighted by Crippen LogP contribution is -2.04. The van der Waals surface area contributed by atoms with Gasteiger partial charge in [0.05, 0.1) is 11.5 Å². The molecule has 1 N–H and O–H groups in total. The fourth-order valence-electron chi connectivity index (χ4n) is 1.13. The van der Waals surface area contributed by atoms with Crippen molar-refractivity contribution in [3.8, 4) is 5.88 Å². The number of anilines is 1. The van der Waals surface area contributed by atoms with Gasteiger partial charge in [0.2, 0.25) is 0 Å². The van der Waals surface area contributed by atoms with Crippen LogP contribution in [0.4, 0.5) is 11.5 Å². The third-order valence-electron chi connectivity index (χ3n) is 2.03. The van der Waals surface area contributed by atoms with E-state index in [1.807, 2.05) is 6.92 Å². The summed E-state index contributed by atoms with van der Waals surface area (Å²) in [6, 6.07) is 2.94. The van der Waals surface area contributed by atoms with Crippen LogP contribution >= 0.6 is 0 Å². The molecular weight excluding hydrogens is 210 g/mol. The lowest BCUT2D eigenvalue weighted by Gasteiger charge is -2.06. The summed E-state index contributed by atoms with van der Waals surface area (Å²) in [4.78, 5) is 14.2. The Kier molecular flexibility index (Phi) is 4.50. The maximum atomic E-state index is 10.7. The van der Waals surface area contributed by atoms with Gasteiger partial charge in [-0.15, -0.1) is 0 Å². The largest absolute Gasteiger partial charge is 0.473 e. The first kappa shape index (κ1) is 12.2. The van der Waals surface area contributed by atoms with Crippen molar-refractivity contribution in [2.45, 2.75) is 19.8 Å². The highest BCUT2D eigenvalue weighted by molar-refractivity contribution is 5.48. The second kappa shape index (κ2) is 5.89. The molecule has 6 heteroatoms. The Hall–Kier alpha value is -1.85. The molecule has 88 valence electrons. The minimum atomic E-state index is -0.492. The van der Waals surface area contributed by atoms with Crippen LogP contribution < -0.4 is 10.1 Å². The van der Waals surface area contributed by atoms with Crippen molar-refractivity contribution in [3.05, 3.63) is 22.2 Å². The number of rotatable bonds is 6. The third kappa shape index (κ3) is 3.08. The lowest BCUT2D eigenvalue weighted by molar-refractivity contribution is -0.386. The van der Waals surface area contributed by atoms with Gasteiger partial charge in [-0.2, -0.15) is 4.98 Å². The highest BCUT2D eigenvalue weighted by Gasteiger charge is 2.17. The first-order valence-corrected chi connectivity index (χ1v) is 5.15. The predicted octanol–water partition coefficient (Wildman–Crippen LogP) is 2.21. The molecule has 0 unspecified atom stereocenters. The van der Waals surface area contributed by atoms with Gasteiger partial charge in [0.15, 0.2) is 0 Å². The minimum absolute atomic E-state index is 0.0744. The topological polar surface area (TPSA) is 77.3 Å². The summed E-state index contributed by atoms with van der Waals surface area (Å²) in [5, 5.41) is 13.5. The van der Waals surface area contributed by atoms with Crippen LogP contribution in [0.15, 0.2) is 12.1 Å². The molecule has 16 heavy (non-hydrogen) atoms. The molecule has 0 atom stereocenters. The molecule has 1 aromatic heterocycles. The van der Waals surface area contributed by atoms with Crippen LogP contribution in [0.5, 0.6) is 5.88 Å². The van der Waals surface area contributed by atoms with Crippen molar-refractivity contribution in [1.82, 2.24) is 4.98 Å². The van der Waals surface area contributed by atoms with Crippen molar-refractivity contribution in [2.75, 3.05) is 19.0 Å². The van der Waals surface area contributed by atoms with Crippen molar-refractivity contribution in [2.24, 2.45) is 0 Å². The van der Waals surface area contributed by atoms with Gasteiger partial charge < -0.3 is 10.1 Å². The standard InChI is InChI=1S/C10H15N3O3/c1-3-4-7-16-10-8(13(14)15)5-6-9(11-2)12-10/h5-6H,3-4,7H2,1-2H3,(H,11,12). The summed E-state index contributed by atoms with van der Waals surface area (Å²) in [5.74, 6) is 0.627. The van der Waals surface area contributed by atoms with E-state index in [0.717, 1.165) is 12.8 Å². The van der Waals surface area contributed by atoms with Gasteiger partial charge in [-0.25, -0.2) is 0 Å². The molecule has 0 aromatic carbocycles. The second-order valence-corrected chi connectivity index (χ2v) is 3.23. The zero-order valence-electron chi connectivity index (χ0n) is 9.40. The molecule has 0 saturated heterocycles. The number of aromatic nitrogens is 1. The number of nitrogens with one attached hydrogen (secondary N) is 1. The monoisotopic (exact) mass is 225 g/mol. The quantitative estimate of drug-likeness (QED) is 0.456. The van der Waals surface area contributed by atoms with Crippen molar-refractivity contribution < 1.29 is 9.66 Å². The summed E-state index contributed by atoms with van der Waals surface area (Å²) in [6.45, 7) is 2.47. The maximum absolute atomic E-state index is 10.7. The van der Waals surface area contributed by atoms with Gasteiger partial charge in [0.1, 0.15) is 5.82 Å². The average Bonchev–Trinajstić information content (AvgIpc) is 2.29. The number of unbranched alkanes of at least 4 members (excludes halogenated alkanes) is 1. The average molecular weight is 225 g/mol. The van der Waals surface area contributed by atoms with E-state index in [1.54, 1.807) is 13.1 Å². The third-order valence-corrected chi connectivity index (χ3v) is 2.03. The van der Waals surface area contributed by atoms with Crippen LogP contribution in [-0.2, 0) is 0 Å². The Labute approximate surface area is 93.8 Å². The molecular formula is C10H15N3O3. The molecule has 0 spiro atoms. The molecule has 1 rings (SSSR count). The van der Waals surface area contributed by atoms with E-state index in [0.29, 0.717) is 12.4 Å². The lowest BCUT2D eigenvalue weighted by atomic mass is 10.3. The molecule has 0 radical (unpaired) electrons. The van der Waals surface area contributed by atoms with Gasteiger partial charge in [0.25, 0.3) is 5.88 Å². The smallest absolute Gasteiger partial charge is 0.331 e. The summed E-state index contributed by atoms with van der Waals surface area (Å²) in [6.07, 6.45) is 1.82. The number of nitrogens with zero attached hydrogens (tertiary/aromatic N) is 2. The number of hydrogen-bond donors (Lipinski definition) is 1. The molecule has 0 aliphatic rings. The van der Waals surface area contributed by atoms with E-state index in [2.05, 4.69) is 10.3 Å². The van der Waals surface area contributed by atoms with E-state index in [9.17, 15) is 10.1 Å². The Morgan fingerprint density at radius 2 is 2.31 bits per heavy atom. The normalized spacial score (nSPS) is 9.88. The molecule has 6 nitrogen and oxygen atoms in total. The Morgan fingerprint density at radius 3 is 2.88 bits per heavy atom. The van der Waals surface area contributed by atoms with Crippen LogP contribution in [-0.4, -0.2) is 23.6 Å². The fraction of sp³-hybridized carbons (Fsp3) is 0.500. The predicted molar refractivity (Wildman–Crippen MR) is 60.8 cm³/mol. The van der Waals surface area contributed by atoms with Gasteiger partial charge in [0, 0.05) is 13.1 Å². The van der Waals surface area contributed by atoms with Gasteiger partial charge in [-0.05, 0) is 12.5 Å².